The summed E-state index contributed by atoms with van der Waals surface area (Å²) in [6.45, 7) is 13.3. The Labute approximate surface area is 158 Å². The number of carbonyl (C=O) groups excluding carboxylic acids is 1. The van der Waals surface area contributed by atoms with Gasteiger partial charge in [0.05, 0.1) is 0 Å². The van der Waals surface area contributed by atoms with Gasteiger partial charge in [-0.3, -0.25) is 4.79 Å². The molecule has 0 heterocycles. The number of allylic oxidation sites excluding steroid dienone is 2. The van der Waals surface area contributed by atoms with E-state index in [1.54, 1.807) is 0 Å². The van der Waals surface area contributed by atoms with Crippen molar-refractivity contribution in [3.8, 4) is 0 Å². The van der Waals surface area contributed by atoms with Crippen molar-refractivity contribution in [2.45, 2.75) is 78.9 Å². The van der Waals surface area contributed by atoms with Gasteiger partial charge in [0, 0.05) is 17.2 Å². The maximum Gasteiger partial charge on any atom is 0.163 e. The molecule has 1 aromatic carbocycles. The lowest BCUT2D eigenvalue weighted by Crippen LogP contribution is -2.21. The molecule has 1 aliphatic carbocycles. The van der Waals surface area contributed by atoms with E-state index in [4.69, 9.17) is 0 Å². The number of hydrogen-bond acceptors (Lipinski definition) is 2. The summed E-state index contributed by atoms with van der Waals surface area (Å²) in [5, 5.41) is 0.647. The molecule has 2 unspecified atom stereocenters. The first-order valence-corrected chi connectivity index (χ1v) is 10.9. The van der Waals surface area contributed by atoms with Crippen LogP contribution in [0.2, 0.25) is 0 Å². The van der Waals surface area contributed by atoms with Crippen LogP contribution in [0.4, 0.5) is 0 Å². The zero-order valence-corrected chi connectivity index (χ0v) is 17.7. The summed E-state index contributed by atoms with van der Waals surface area (Å²) in [5.74, 6) is 2.05. The number of ketones is 1. The summed E-state index contributed by atoms with van der Waals surface area (Å²) in [4.78, 5) is 13.1. The third-order valence-corrected chi connectivity index (χ3v) is 6.44. The summed E-state index contributed by atoms with van der Waals surface area (Å²) >= 11 is 2.01. The molecule has 0 aliphatic heterocycles. The number of thioether (sulfide) groups is 1. The highest BCUT2D eigenvalue weighted by molar-refractivity contribution is 7.99. The van der Waals surface area contributed by atoms with Gasteiger partial charge in [-0.1, -0.05) is 51.0 Å². The van der Waals surface area contributed by atoms with Gasteiger partial charge in [-0.15, -0.1) is 0 Å². The molecule has 1 aromatic rings. The lowest BCUT2D eigenvalue weighted by Gasteiger charge is -2.29. The van der Waals surface area contributed by atoms with Crippen molar-refractivity contribution in [2.75, 3.05) is 5.75 Å². The highest BCUT2D eigenvalue weighted by Crippen LogP contribution is 2.39. The van der Waals surface area contributed by atoms with E-state index in [0.29, 0.717) is 17.0 Å². The fourth-order valence-electron chi connectivity index (χ4n) is 4.37. The highest BCUT2D eigenvalue weighted by atomic mass is 32.2. The molecule has 2 atom stereocenters. The van der Waals surface area contributed by atoms with Crippen LogP contribution >= 0.6 is 11.8 Å². The Morgan fingerprint density at radius 3 is 2.16 bits per heavy atom. The minimum atomic E-state index is 0.371. The smallest absolute Gasteiger partial charge is 0.163 e. The maximum absolute atomic E-state index is 13.1. The lowest BCUT2D eigenvalue weighted by molar-refractivity contribution is -0.115. The fraction of sp³-hybridized carbons (Fsp3) is 0.609. The molecule has 138 valence electrons. The molecule has 0 fully saturated rings. The molecule has 0 aromatic heterocycles. The van der Waals surface area contributed by atoms with Gasteiger partial charge >= 0.3 is 0 Å². The van der Waals surface area contributed by atoms with Gasteiger partial charge in [0.25, 0.3) is 0 Å². The Morgan fingerprint density at radius 1 is 1.08 bits per heavy atom. The highest BCUT2D eigenvalue weighted by Gasteiger charge is 2.29. The Morgan fingerprint density at radius 2 is 1.68 bits per heavy atom. The monoisotopic (exact) mass is 358 g/mol. The molecule has 0 N–H and O–H groups in total. The Balaban J connectivity index is 2.38. The van der Waals surface area contributed by atoms with Gasteiger partial charge in [-0.25, -0.2) is 0 Å². The first-order valence-electron chi connectivity index (χ1n) is 9.88. The number of hydrogen-bond donors (Lipinski definition) is 0. The molecule has 1 aliphatic rings. The molecule has 0 radical (unpaired) electrons. The van der Waals surface area contributed by atoms with E-state index < -0.39 is 0 Å². The Bertz CT molecular complexity index is 631. The van der Waals surface area contributed by atoms with Crippen molar-refractivity contribution in [1.82, 2.24) is 0 Å². The second kappa shape index (κ2) is 9.07. The molecule has 0 amide bonds. The summed E-state index contributed by atoms with van der Waals surface area (Å²) in [5.41, 5.74) is 7.60. The van der Waals surface area contributed by atoms with Gasteiger partial charge in [-0.05, 0) is 67.9 Å². The molecule has 0 saturated carbocycles. The van der Waals surface area contributed by atoms with E-state index in [2.05, 4.69) is 53.7 Å². The molecular formula is C23H34OS. The predicted molar refractivity (Wildman–Crippen MR) is 112 cm³/mol. The van der Waals surface area contributed by atoms with Crippen LogP contribution in [0.15, 0.2) is 17.7 Å². The van der Waals surface area contributed by atoms with Crippen LogP contribution in [0.5, 0.6) is 0 Å². The fourth-order valence-corrected chi connectivity index (χ4v) is 5.35. The van der Waals surface area contributed by atoms with Gasteiger partial charge in [0.15, 0.2) is 5.78 Å². The average molecular weight is 359 g/mol. The number of Topliss-reactive ketones (excluding diaryl/α,β-unsaturated/α-hetero) is 1. The minimum Gasteiger partial charge on any atom is -0.294 e. The van der Waals surface area contributed by atoms with Crippen LogP contribution in [-0.4, -0.2) is 16.8 Å². The van der Waals surface area contributed by atoms with Crippen LogP contribution in [0.25, 0.3) is 5.57 Å². The zero-order valence-electron chi connectivity index (χ0n) is 16.9. The van der Waals surface area contributed by atoms with Crippen LogP contribution in [0, 0.1) is 12.8 Å². The minimum absolute atomic E-state index is 0.371. The summed E-state index contributed by atoms with van der Waals surface area (Å²) in [6.07, 6.45) is 4.94. The topological polar surface area (TPSA) is 17.1 Å². The normalized spacial score (nSPS) is 19.4. The van der Waals surface area contributed by atoms with Gasteiger partial charge in [0.1, 0.15) is 0 Å². The van der Waals surface area contributed by atoms with Crippen molar-refractivity contribution in [3.63, 3.8) is 0 Å². The third kappa shape index (κ3) is 4.78. The zero-order chi connectivity index (χ0) is 18.6. The molecule has 2 heteroatoms. The largest absolute Gasteiger partial charge is 0.294 e. The van der Waals surface area contributed by atoms with Crippen LogP contribution in [0.1, 0.15) is 76.1 Å². The van der Waals surface area contributed by atoms with Gasteiger partial charge < -0.3 is 0 Å². The lowest BCUT2D eigenvalue weighted by atomic mass is 9.76. The number of rotatable bonds is 7. The average Bonchev–Trinajstić information content (AvgIpc) is 2.54. The van der Waals surface area contributed by atoms with Crippen molar-refractivity contribution in [3.05, 3.63) is 40.0 Å². The molecule has 0 spiro atoms. The number of benzene rings is 1. The second-order valence-corrected chi connectivity index (χ2v) is 9.24. The quantitative estimate of drug-likeness (QED) is 0.560. The van der Waals surface area contributed by atoms with E-state index in [-0.39, 0.29) is 0 Å². The van der Waals surface area contributed by atoms with E-state index in [9.17, 15) is 4.79 Å². The van der Waals surface area contributed by atoms with Crippen molar-refractivity contribution in [1.29, 1.82) is 0 Å². The predicted octanol–water partition coefficient (Wildman–Crippen LogP) is 6.40. The van der Waals surface area contributed by atoms with E-state index >= 15 is 0 Å². The van der Waals surface area contributed by atoms with Crippen LogP contribution in [-0.2, 0) is 17.6 Å². The van der Waals surface area contributed by atoms with Crippen molar-refractivity contribution in [2.24, 2.45) is 5.92 Å². The summed E-state index contributed by atoms with van der Waals surface area (Å²) in [6, 6.07) is 4.54. The van der Waals surface area contributed by atoms with Gasteiger partial charge in [-0.2, -0.15) is 11.8 Å². The number of carbonyl (C=O) groups is 1. The Hall–Kier alpha value is -1.02. The van der Waals surface area contributed by atoms with E-state index in [0.717, 1.165) is 43.4 Å². The van der Waals surface area contributed by atoms with Crippen LogP contribution in [0.3, 0.4) is 0 Å². The third-order valence-electron chi connectivity index (χ3n) is 5.35. The van der Waals surface area contributed by atoms with Crippen molar-refractivity contribution < 1.29 is 4.79 Å². The number of aryl methyl sites for hydroxylation is 3. The second-order valence-electron chi connectivity index (χ2n) is 7.52. The Kier molecular flexibility index (Phi) is 7.37. The molecule has 2 rings (SSSR count). The first-order chi connectivity index (χ1) is 11.9. The van der Waals surface area contributed by atoms with E-state index in [1.165, 1.54) is 27.8 Å². The molecule has 1 nitrogen and oxygen atoms in total. The standard InChI is InChI=1S/C23H34OS/c1-7-19-10-15(4)11-20(8-2)23(19)22-16(5)12-18(14-21(22)24)13-17(6)25-9-3/h10-11,17-18H,7-9,12-14H2,1-6H3. The SMILES string of the molecule is CCSC(C)CC1CC(=O)C(c2c(CC)cc(C)cc2CC)=C(C)C1. The molecular weight excluding hydrogens is 324 g/mol. The van der Waals surface area contributed by atoms with Crippen LogP contribution < -0.4 is 0 Å². The molecule has 0 bridgehead atoms. The molecule has 0 saturated heterocycles. The van der Waals surface area contributed by atoms with Crippen molar-refractivity contribution >= 4 is 23.1 Å². The summed E-state index contributed by atoms with van der Waals surface area (Å²) in [7, 11) is 0. The molecule has 25 heavy (non-hydrogen) atoms. The van der Waals surface area contributed by atoms with Gasteiger partial charge in [0.2, 0.25) is 0 Å². The van der Waals surface area contributed by atoms with E-state index in [1.807, 2.05) is 11.8 Å². The summed E-state index contributed by atoms with van der Waals surface area (Å²) < 4.78 is 0. The maximum atomic E-state index is 13.1. The first kappa shape index (κ1) is 20.3.